The van der Waals surface area contributed by atoms with E-state index in [0.29, 0.717) is 6.04 Å². The van der Waals surface area contributed by atoms with Crippen LogP contribution < -0.4 is 16.0 Å². The molecule has 2 amide bonds. The number of rotatable bonds is 4. The minimum atomic E-state index is 0.0787. The van der Waals surface area contributed by atoms with Gasteiger partial charge in [-0.2, -0.15) is 0 Å². The fraction of sp³-hybridized carbons (Fsp3) is 0.941. The third-order valence-electron chi connectivity index (χ3n) is 6.36. The van der Waals surface area contributed by atoms with Crippen LogP contribution in [0.1, 0.15) is 57.8 Å². The first-order valence-corrected chi connectivity index (χ1v) is 9.00. The predicted octanol–water partition coefficient (Wildman–Crippen LogP) is 2.40. The number of hydrogen-bond acceptors (Lipinski definition) is 2. The summed E-state index contributed by atoms with van der Waals surface area (Å²) < 4.78 is 0. The molecule has 0 aromatic heterocycles. The summed E-state index contributed by atoms with van der Waals surface area (Å²) in [5, 5.41) is 9.96. The van der Waals surface area contributed by atoms with Crippen molar-refractivity contribution in [1.82, 2.24) is 16.0 Å². The second-order valence-electron chi connectivity index (χ2n) is 8.16. The monoisotopic (exact) mass is 291 g/mol. The van der Waals surface area contributed by atoms with E-state index in [1.165, 1.54) is 51.4 Å². The van der Waals surface area contributed by atoms with E-state index in [4.69, 9.17) is 0 Å². The highest BCUT2D eigenvalue weighted by molar-refractivity contribution is 5.74. The van der Waals surface area contributed by atoms with Crippen molar-refractivity contribution in [3.05, 3.63) is 0 Å². The van der Waals surface area contributed by atoms with Crippen molar-refractivity contribution < 1.29 is 4.79 Å². The topological polar surface area (TPSA) is 53.2 Å². The van der Waals surface area contributed by atoms with Crippen molar-refractivity contribution in [2.24, 2.45) is 17.8 Å². The molecule has 1 heterocycles. The molecule has 1 saturated heterocycles. The van der Waals surface area contributed by atoms with Gasteiger partial charge in [-0.15, -0.1) is 0 Å². The van der Waals surface area contributed by atoms with Crippen molar-refractivity contribution in [2.45, 2.75) is 69.4 Å². The molecule has 0 aromatic carbocycles. The number of hydrogen-bond donors (Lipinski definition) is 3. The molecule has 1 unspecified atom stereocenters. The van der Waals surface area contributed by atoms with Gasteiger partial charge in [-0.05, 0) is 82.1 Å². The lowest BCUT2D eigenvalue weighted by atomic mass is 9.53. The van der Waals surface area contributed by atoms with Crippen molar-refractivity contribution >= 4 is 6.03 Å². The van der Waals surface area contributed by atoms with E-state index in [9.17, 15) is 4.79 Å². The van der Waals surface area contributed by atoms with Crippen molar-refractivity contribution in [2.75, 3.05) is 13.1 Å². The van der Waals surface area contributed by atoms with Gasteiger partial charge in [0.2, 0.25) is 0 Å². The summed E-state index contributed by atoms with van der Waals surface area (Å²) in [7, 11) is 0. The van der Waals surface area contributed by atoms with Crippen LogP contribution in [0.3, 0.4) is 0 Å². The minimum Gasteiger partial charge on any atom is -0.338 e. The van der Waals surface area contributed by atoms with Crippen LogP contribution in [0.2, 0.25) is 0 Å². The van der Waals surface area contributed by atoms with Gasteiger partial charge in [-0.1, -0.05) is 0 Å². The lowest BCUT2D eigenvalue weighted by Crippen LogP contribution is -2.61. The molecule has 3 N–H and O–H groups in total. The first kappa shape index (κ1) is 13.9. The van der Waals surface area contributed by atoms with Crippen LogP contribution in [0, 0.1) is 17.8 Å². The smallest absolute Gasteiger partial charge is 0.315 e. The highest BCUT2D eigenvalue weighted by Gasteiger charge is 2.51. The van der Waals surface area contributed by atoms with Gasteiger partial charge in [0.25, 0.3) is 0 Å². The Morgan fingerprint density at radius 1 is 1.10 bits per heavy atom. The Bertz CT molecular complexity index is 368. The summed E-state index contributed by atoms with van der Waals surface area (Å²) in [6.45, 7) is 1.94. The van der Waals surface area contributed by atoms with E-state index in [-0.39, 0.29) is 11.6 Å². The maximum atomic E-state index is 12.3. The summed E-state index contributed by atoms with van der Waals surface area (Å²) in [5.74, 6) is 2.66. The molecule has 21 heavy (non-hydrogen) atoms. The molecular weight excluding hydrogens is 262 g/mol. The molecule has 118 valence electrons. The molecule has 5 aliphatic rings. The van der Waals surface area contributed by atoms with E-state index >= 15 is 0 Å². The Hall–Kier alpha value is -0.770. The Morgan fingerprint density at radius 2 is 1.76 bits per heavy atom. The van der Waals surface area contributed by atoms with Crippen LogP contribution in [0.4, 0.5) is 4.79 Å². The summed E-state index contributed by atoms with van der Waals surface area (Å²) in [5.41, 5.74) is 0.143. The summed E-state index contributed by atoms with van der Waals surface area (Å²) >= 11 is 0. The fourth-order valence-electron chi connectivity index (χ4n) is 5.91. The second kappa shape index (κ2) is 5.45. The lowest BCUT2D eigenvalue weighted by Gasteiger charge is -2.56. The van der Waals surface area contributed by atoms with Crippen molar-refractivity contribution in [3.8, 4) is 0 Å². The average molecular weight is 291 g/mol. The number of carbonyl (C=O) groups excluding carboxylic acids is 1. The van der Waals surface area contributed by atoms with E-state index in [0.717, 1.165) is 37.3 Å². The van der Waals surface area contributed by atoms with Gasteiger partial charge in [-0.25, -0.2) is 4.79 Å². The highest BCUT2D eigenvalue weighted by Crippen LogP contribution is 2.55. The molecular formula is C17H29N3O. The average Bonchev–Trinajstić information content (AvgIpc) is 2.89. The normalized spacial score (nSPS) is 44.0. The van der Waals surface area contributed by atoms with Gasteiger partial charge < -0.3 is 16.0 Å². The zero-order chi connectivity index (χ0) is 14.3. The van der Waals surface area contributed by atoms with E-state index in [1.54, 1.807) is 0 Å². The van der Waals surface area contributed by atoms with Crippen LogP contribution in [0.5, 0.6) is 0 Å². The molecule has 4 bridgehead atoms. The SMILES string of the molecule is O=C(NCCC1CCCN1)NC12CC3CC(CC(C3)C1)C2. The summed E-state index contributed by atoms with van der Waals surface area (Å²) in [4.78, 5) is 12.3. The minimum absolute atomic E-state index is 0.0787. The van der Waals surface area contributed by atoms with Crippen molar-refractivity contribution in [3.63, 3.8) is 0 Å². The maximum absolute atomic E-state index is 12.3. The summed E-state index contributed by atoms with van der Waals surface area (Å²) in [6.07, 6.45) is 11.6. The van der Waals surface area contributed by atoms with E-state index in [2.05, 4.69) is 16.0 Å². The zero-order valence-electron chi connectivity index (χ0n) is 13.0. The Kier molecular flexibility index (Phi) is 3.60. The van der Waals surface area contributed by atoms with Gasteiger partial charge >= 0.3 is 6.03 Å². The van der Waals surface area contributed by atoms with Crippen LogP contribution in [0.25, 0.3) is 0 Å². The van der Waals surface area contributed by atoms with Gasteiger partial charge in [0.05, 0.1) is 0 Å². The molecule has 1 aliphatic heterocycles. The van der Waals surface area contributed by atoms with Crippen molar-refractivity contribution in [1.29, 1.82) is 0 Å². The van der Waals surface area contributed by atoms with Crippen LogP contribution >= 0.6 is 0 Å². The number of nitrogens with one attached hydrogen (secondary N) is 3. The molecule has 4 nitrogen and oxygen atoms in total. The maximum Gasteiger partial charge on any atom is 0.315 e. The molecule has 0 aromatic rings. The van der Waals surface area contributed by atoms with Crippen LogP contribution in [0.15, 0.2) is 0 Å². The lowest BCUT2D eigenvalue weighted by molar-refractivity contribution is -0.0135. The first-order valence-electron chi connectivity index (χ1n) is 9.00. The van der Waals surface area contributed by atoms with Crippen LogP contribution in [-0.4, -0.2) is 30.7 Å². The molecule has 4 heteroatoms. The number of amides is 2. The van der Waals surface area contributed by atoms with E-state index < -0.39 is 0 Å². The van der Waals surface area contributed by atoms with Gasteiger partial charge in [-0.3, -0.25) is 0 Å². The van der Waals surface area contributed by atoms with Gasteiger partial charge in [0.1, 0.15) is 0 Å². The molecule has 0 spiro atoms. The first-order chi connectivity index (χ1) is 10.2. The molecule has 4 aliphatic carbocycles. The fourth-order valence-corrected chi connectivity index (χ4v) is 5.91. The van der Waals surface area contributed by atoms with E-state index in [1.807, 2.05) is 0 Å². The van der Waals surface area contributed by atoms with Gasteiger partial charge in [0, 0.05) is 18.1 Å². The Labute approximate surface area is 127 Å². The highest BCUT2D eigenvalue weighted by atomic mass is 16.2. The largest absolute Gasteiger partial charge is 0.338 e. The molecule has 5 rings (SSSR count). The molecule has 1 atom stereocenters. The Morgan fingerprint density at radius 3 is 2.33 bits per heavy atom. The standard InChI is InChI=1S/C17H29N3O/c21-16(19-5-3-15-2-1-4-18-15)20-17-9-12-6-13(10-17)8-14(7-12)11-17/h12-15,18H,1-11H2,(H2,19,20,21). The third kappa shape index (κ3) is 2.92. The zero-order valence-corrected chi connectivity index (χ0v) is 13.0. The van der Waals surface area contributed by atoms with Gasteiger partial charge in [0.15, 0.2) is 0 Å². The number of urea groups is 1. The van der Waals surface area contributed by atoms with Crippen LogP contribution in [-0.2, 0) is 0 Å². The molecule has 4 saturated carbocycles. The molecule has 0 radical (unpaired) electrons. The Balaban J connectivity index is 1.26. The molecule has 5 fully saturated rings. The predicted molar refractivity (Wildman–Crippen MR) is 83.1 cm³/mol. The summed E-state index contributed by atoms with van der Waals surface area (Å²) in [6, 6.07) is 0.694. The third-order valence-corrected chi connectivity index (χ3v) is 6.36. The quantitative estimate of drug-likeness (QED) is 0.745. The second-order valence-corrected chi connectivity index (χ2v) is 8.16. The number of carbonyl (C=O) groups is 1.